The number of aromatic nitrogens is 2. The normalized spacial score (nSPS) is 10.9. The number of hydrogen-bond donors (Lipinski definition) is 2. The third kappa shape index (κ3) is 4.99. The van der Waals surface area contributed by atoms with Crippen molar-refractivity contribution in [3.05, 3.63) is 125 Å². The monoisotopic (exact) mass is 495 g/mol. The van der Waals surface area contributed by atoms with Crippen molar-refractivity contribution >= 4 is 34.4 Å². The Balaban J connectivity index is 1.37. The van der Waals surface area contributed by atoms with Crippen LogP contribution in [0, 0.1) is 0 Å². The standard InChI is InChI=1S/C29H22ClN3O3/c30-24-14-22-12-13-33(18-25-11-10-23(17-31-25)20-4-2-1-3-5-20)27(22)26(15-24)28(34)32-16-19-6-8-21(9-7-19)29(35)36/h1-15,17H,16,18H2,(H,32,34)(H,35,36). The van der Waals surface area contributed by atoms with Crippen molar-refractivity contribution in [3.63, 3.8) is 0 Å². The Morgan fingerprint density at radius 1 is 0.917 bits per heavy atom. The van der Waals surface area contributed by atoms with Crippen LogP contribution in [0.25, 0.3) is 22.0 Å². The number of fused-ring (bicyclic) bond motifs is 1. The van der Waals surface area contributed by atoms with E-state index in [1.165, 1.54) is 12.1 Å². The third-order valence-corrected chi connectivity index (χ3v) is 6.21. The van der Waals surface area contributed by atoms with Crippen molar-refractivity contribution in [2.75, 3.05) is 0 Å². The van der Waals surface area contributed by atoms with Crippen LogP contribution in [0.4, 0.5) is 0 Å². The van der Waals surface area contributed by atoms with E-state index < -0.39 is 5.97 Å². The average Bonchev–Trinajstić information content (AvgIpc) is 3.30. The summed E-state index contributed by atoms with van der Waals surface area (Å²) in [5.74, 6) is -1.26. The Morgan fingerprint density at radius 3 is 2.39 bits per heavy atom. The van der Waals surface area contributed by atoms with Crippen molar-refractivity contribution in [2.45, 2.75) is 13.1 Å². The number of aromatic carboxylic acids is 1. The smallest absolute Gasteiger partial charge is 0.335 e. The van der Waals surface area contributed by atoms with Gasteiger partial charge >= 0.3 is 5.97 Å². The number of benzene rings is 3. The fraction of sp³-hybridized carbons (Fsp3) is 0.0690. The predicted octanol–water partition coefficient (Wildman–Crippen LogP) is 6.03. The number of carboxylic acid groups (broad SMARTS) is 1. The summed E-state index contributed by atoms with van der Waals surface area (Å²) < 4.78 is 1.99. The molecule has 0 atom stereocenters. The molecule has 5 rings (SSSR count). The second-order valence-corrected chi connectivity index (χ2v) is 8.86. The first kappa shape index (κ1) is 23.3. The zero-order chi connectivity index (χ0) is 25.1. The van der Waals surface area contributed by atoms with Crippen LogP contribution in [0.1, 0.15) is 32.0 Å². The lowest BCUT2D eigenvalue weighted by atomic mass is 10.1. The Morgan fingerprint density at radius 2 is 1.69 bits per heavy atom. The molecule has 2 heterocycles. The largest absolute Gasteiger partial charge is 0.478 e. The van der Waals surface area contributed by atoms with E-state index in [1.807, 2.05) is 71.6 Å². The molecule has 6 nitrogen and oxygen atoms in total. The van der Waals surface area contributed by atoms with Gasteiger partial charge in [0.25, 0.3) is 5.91 Å². The van der Waals surface area contributed by atoms with Crippen molar-refractivity contribution < 1.29 is 14.7 Å². The van der Waals surface area contributed by atoms with Crippen LogP contribution in [0.2, 0.25) is 5.02 Å². The Hall–Kier alpha value is -4.42. The van der Waals surface area contributed by atoms with Gasteiger partial charge in [0.2, 0.25) is 0 Å². The molecule has 0 radical (unpaired) electrons. The molecule has 0 bridgehead atoms. The molecule has 7 heteroatoms. The molecule has 5 aromatic rings. The average molecular weight is 496 g/mol. The number of nitrogens with zero attached hydrogens (tertiary/aromatic N) is 2. The highest BCUT2D eigenvalue weighted by molar-refractivity contribution is 6.32. The summed E-state index contributed by atoms with van der Waals surface area (Å²) in [6.45, 7) is 0.757. The van der Waals surface area contributed by atoms with E-state index in [0.29, 0.717) is 17.1 Å². The Labute approximate surface area is 212 Å². The third-order valence-electron chi connectivity index (χ3n) is 5.99. The first-order valence-corrected chi connectivity index (χ1v) is 11.7. The van der Waals surface area contributed by atoms with Gasteiger partial charge in [-0.15, -0.1) is 0 Å². The minimum absolute atomic E-state index is 0.199. The highest BCUT2D eigenvalue weighted by Gasteiger charge is 2.16. The molecule has 0 fully saturated rings. The van der Waals surface area contributed by atoms with Crippen LogP contribution >= 0.6 is 11.6 Å². The Bertz CT molecular complexity index is 1540. The minimum atomic E-state index is -0.989. The van der Waals surface area contributed by atoms with E-state index in [9.17, 15) is 9.59 Å². The molecule has 0 unspecified atom stereocenters. The number of carboxylic acids is 1. The lowest BCUT2D eigenvalue weighted by Gasteiger charge is -2.12. The molecule has 0 spiro atoms. The topological polar surface area (TPSA) is 84.2 Å². The van der Waals surface area contributed by atoms with E-state index >= 15 is 0 Å². The van der Waals surface area contributed by atoms with Gasteiger partial charge < -0.3 is 15.0 Å². The van der Waals surface area contributed by atoms with Gasteiger partial charge in [0.05, 0.1) is 28.9 Å². The Kier molecular flexibility index (Phi) is 6.52. The van der Waals surface area contributed by atoms with Gasteiger partial charge in [-0.3, -0.25) is 9.78 Å². The summed E-state index contributed by atoms with van der Waals surface area (Å²) in [5, 5.41) is 13.3. The second kappa shape index (κ2) is 10.1. The van der Waals surface area contributed by atoms with E-state index in [-0.39, 0.29) is 18.0 Å². The fourth-order valence-electron chi connectivity index (χ4n) is 4.15. The van der Waals surface area contributed by atoms with Gasteiger partial charge in [-0.2, -0.15) is 0 Å². The van der Waals surface area contributed by atoms with E-state index in [2.05, 4.69) is 10.3 Å². The number of carbonyl (C=O) groups excluding carboxylic acids is 1. The summed E-state index contributed by atoms with van der Waals surface area (Å²) in [6.07, 6.45) is 3.78. The molecule has 178 valence electrons. The van der Waals surface area contributed by atoms with Crippen LogP contribution in [0.5, 0.6) is 0 Å². The molecule has 0 aliphatic carbocycles. The lowest BCUT2D eigenvalue weighted by molar-refractivity contribution is 0.0696. The summed E-state index contributed by atoms with van der Waals surface area (Å²) in [4.78, 5) is 28.9. The van der Waals surface area contributed by atoms with Gasteiger partial charge in [-0.05, 0) is 47.5 Å². The van der Waals surface area contributed by atoms with Crippen molar-refractivity contribution in [2.24, 2.45) is 0 Å². The van der Waals surface area contributed by atoms with Gasteiger partial charge in [-0.25, -0.2) is 4.79 Å². The van der Waals surface area contributed by atoms with Crippen LogP contribution in [0.15, 0.2) is 97.3 Å². The quantitative estimate of drug-likeness (QED) is 0.288. The van der Waals surface area contributed by atoms with E-state index in [4.69, 9.17) is 16.7 Å². The molecule has 2 aromatic heterocycles. The zero-order valence-electron chi connectivity index (χ0n) is 19.2. The highest BCUT2D eigenvalue weighted by Crippen LogP contribution is 2.26. The molecule has 1 amide bonds. The molecule has 0 saturated carbocycles. The molecule has 36 heavy (non-hydrogen) atoms. The molecule has 3 aromatic carbocycles. The summed E-state index contributed by atoms with van der Waals surface area (Å²) >= 11 is 6.32. The molecule has 0 aliphatic heterocycles. The summed E-state index contributed by atoms with van der Waals surface area (Å²) in [5.41, 5.74) is 5.24. The molecular formula is C29H22ClN3O3. The minimum Gasteiger partial charge on any atom is -0.478 e. The van der Waals surface area contributed by atoms with E-state index in [1.54, 1.807) is 18.2 Å². The second-order valence-electron chi connectivity index (χ2n) is 8.42. The maximum Gasteiger partial charge on any atom is 0.335 e. The SMILES string of the molecule is O=C(O)c1ccc(CNC(=O)c2cc(Cl)cc3ccn(Cc4ccc(-c5ccccc5)cn4)c23)cc1. The maximum absolute atomic E-state index is 13.2. The first-order chi connectivity index (χ1) is 17.5. The van der Waals surface area contributed by atoms with Crippen LogP contribution < -0.4 is 5.32 Å². The van der Waals surface area contributed by atoms with Crippen LogP contribution in [-0.2, 0) is 13.1 Å². The van der Waals surface area contributed by atoms with Gasteiger partial charge in [0, 0.05) is 34.9 Å². The number of halogens is 1. The van der Waals surface area contributed by atoms with Gasteiger partial charge in [-0.1, -0.05) is 60.1 Å². The number of rotatable bonds is 7. The van der Waals surface area contributed by atoms with E-state index in [0.717, 1.165) is 33.3 Å². The van der Waals surface area contributed by atoms with Crippen molar-refractivity contribution in [3.8, 4) is 11.1 Å². The molecular weight excluding hydrogens is 474 g/mol. The highest BCUT2D eigenvalue weighted by atomic mass is 35.5. The number of amides is 1. The lowest BCUT2D eigenvalue weighted by Crippen LogP contribution is -2.23. The molecule has 0 aliphatic rings. The zero-order valence-corrected chi connectivity index (χ0v) is 19.9. The van der Waals surface area contributed by atoms with Gasteiger partial charge in [0.1, 0.15) is 0 Å². The van der Waals surface area contributed by atoms with Crippen molar-refractivity contribution in [1.82, 2.24) is 14.9 Å². The van der Waals surface area contributed by atoms with Crippen molar-refractivity contribution in [1.29, 1.82) is 0 Å². The van der Waals surface area contributed by atoms with Crippen LogP contribution in [-0.4, -0.2) is 26.5 Å². The molecule has 2 N–H and O–H groups in total. The summed E-state index contributed by atoms with van der Waals surface area (Å²) in [6, 6.07) is 25.9. The number of nitrogens with one attached hydrogen (secondary N) is 1. The maximum atomic E-state index is 13.2. The number of hydrogen-bond acceptors (Lipinski definition) is 3. The first-order valence-electron chi connectivity index (χ1n) is 11.4. The fourth-order valence-corrected chi connectivity index (χ4v) is 4.38. The molecule has 0 saturated heterocycles. The summed E-state index contributed by atoms with van der Waals surface area (Å²) in [7, 11) is 0. The number of carbonyl (C=O) groups is 2. The predicted molar refractivity (Wildman–Crippen MR) is 140 cm³/mol. The van der Waals surface area contributed by atoms with Gasteiger partial charge in [0.15, 0.2) is 0 Å². The van der Waals surface area contributed by atoms with Crippen LogP contribution in [0.3, 0.4) is 0 Å². The number of pyridine rings is 1.